The van der Waals surface area contributed by atoms with Crippen LogP contribution < -0.4 is 16.0 Å². The summed E-state index contributed by atoms with van der Waals surface area (Å²) in [5.74, 6) is 0.501. The number of nitrogens with zero attached hydrogens (tertiary/aromatic N) is 3. The Morgan fingerprint density at radius 3 is 2.41 bits per heavy atom. The van der Waals surface area contributed by atoms with Gasteiger partial charge in [0.1, 0.15) is 15.7 Å². The van der Waals surface area contributed by atoms with E-state index in [1.54, 1.807) is 11.3 Å². The number of nitrogens with one attached hydrogen (secondary N) is 1. The van der Waals surface area contributed by atoms with Crippen molar-refractivity contribution in [3.63, 3.8) is 0 Å². The molecule has 0 fully saturated rings. The number of hydrogen-bond acceptors (Lipinski definition) is 7. The Morgan fingerprint density at radius 2 is 1.70 bits per heavy atom. The zero-order valence-corrected chi connectivity index (χ0v) is 16.6. The van der Waals surface area contributed by atoms with Crippen LogP contribution in [0.5, 0.6) is 0 Å². The van der Waals surface area contributed by atoms with Crippen LogP contribution in [0.15, 0.2) is 60.0 Å². The van der Waals surface area contributed by atoms with Crippen LogP contribution in [0.4, 0.5) is 22.3 Å². The van der Waals surface area contributed by atoms with E-state index >= 15 is 0 Å². The standard InChI is InChI=1S/C20H19N5S2/c1-25(2)15-10-8-14(9-11-15)22-20-24-18(21)17(27-20)19-23-16(12-26-19)13-6-4-3-5-7-13/h3-12H,21H2,1-2H3,(H,22,24). The van der Waals surface area contributed by atoms with Crippen molar-refractivity contribution >= 4 is 45.0 Å². The molecule has 0 spiro atoms. The molecule has 0 bridgehead atoms. The van der Waals surface area contributed by atoms with Gasteiger partial charge in [0.2, 0.25) is 0 Å². The lowest BCUT2D eigenvalue weighted by Gasteiger charge is -2.12. The number of anilines is 4. The summed E-state index contributed by atoms with van der Waals surface area (Å²) in [5.41, 5.74) is 10.3. The molecule has 4 aromatic rings. The molecule has 0 saturated heterocycles. The van der Waals surface area contributed by atoms with Crippen molar-refractivity contribution < 1.29 is 0 Å². The van der Waals surface area contributed by atoms with Gasteiger partial charge >= 0.3 is 0 Å². The number of rotatable bonds is 5. The SMILES string of the molecule is CN(C)c1ccc(Nc2nc(N)c(-c3nc(-c4ccccc4)cs3)s2)cc1. The first-order chi connectivity index (χ1) is 13.1. The van der Waals surface area contributed by atoms with Crippen molar-refractivity contribution in [2.45, 2.75) is 0 Å². The molecule has 27 heavy (non-hydrogen) atoms. The maximum Gasteiger partial charge on any atom is 0.189 e. The molecule has 0 aliphatic rings. The van der Waals surface area contributed by atoms with E-state index in [0.717, 1.165) is 37.6 Å². The summed E-state index contributed by atoms with van der Waals surface area (Å²) in [6.45, 7) is 0. The van der Waals surface area contributed by atoms with Crippen molar-refractivity contribution in [2.75, 3.05) is 30.0 Å². The van der Waals surface area contributed by atoms with E-state index in [2.05, 4.69) is 44.8 Å². The fourth-order valence-corrected chi connectivity index (χ4v) is 4.46. The Kier molecular flexibility index (Phi) is 4.79. The molecule has 2 aromatic heterocycles. The molecule has 0 radical (unpaired) electrons. The van der Waals surface area contributed by atoms with Crippen LogP contribution >= 0.6 is 22.7 Å². The summed E-state index contributed by atoms with van der Waals surface area (Å²) in [6, 6.07) is 18.3. The first-order valence-electron chi connectivity index (χ1n) is 8.42. The molecule has 0 aliphatic carbocycles. The highest BCUT2D eigenvalue weighted by Gasteiger charge is 2.15. The lowest BCUT2D eigenvalue weighted by molar-refractivity contribution is 1.13. The third-order valence-electron chi connectivity index (χ3n) is 4.06. The smallest absolute Gasteiger partial charge is 0.189 e. The Hall–Kier alpha value is -2.90. The monoisotopic (exact) mass is 393 g/mol. The molecule has 0 atom stereocenters. The van der Waals surface area contributed by atoms with Crippen LogP contribution in [0.2, 0.25) is 0 Å². The van der Waals surface area contributed by atoms with Gasteiger partial charge in [0, 0.05) is 36.4 Å². The normalized spacial score (nSPS) is 10.7. The molecule has 2 aromatic carbocycles. The summed E-state index contributed by atoms with van der Waals surface area (Å²) in [5, 5.41) is 7.03. The van der Waals surface area contributed by atoms with Gasteiger partial charge in [-0.2, -0.15) is 0 Å². The van der Waals surface area contributed by atoms with Crippen LogP contribution in [0.1, 0.15) is 0 Å². The van der Waals surface area contributed by atoms with Gasteiger partial charge in [-0.1, -0.05) is 41.7 Å². The third-order valence-corrected chi connectivity index (χ3v) is 6.04. The summed E-state index contributed by atoms with van der Waals surface area (Å²) in [7, 11) is 4.04. The quantitative estimate of drug-likeness (QED) is 0.480. The minimum absolute atomic E-state index is 0.501. The van der Waals surface area contributed by atoms with E-state index in [9.17, 15) is 0 Å². The maximum atomic E-state index is 6.16. The molecule has 5 nitrogen and oxygen atoms in total. The second-order valence-electron chi connectivity index (χ2n) is 6.20. The first kappa shape index (κ1) is 17.5. The Balaban J connectivity index is 1.56. The Labute approximate surface area is 166 Å². The minimum Gasteiger partial charge on any atom is -0.382 e. The lowest BCUT2D eigenvalue weighted by Crippen LogP contribution is -2.08. The van der Waals surface area contributed by atoms with Crippen molar-refractivity contribution in [3.05, 3.63) is 60.0 Å². The maximum absolute atomic E-state index is 6.16. The molecular formula is C20H19N5S2. The average Bonchev–Trinajstić information content (AvgIpc) is 3.29. The lowest BCUT2D eigenvalue weighted by atomic mass is 10.2. The van der Waals surface area contributed by atoms with E-state index in [4.69, 9.17) is 10.7 Å². The van der Waals surface area contributed by atoms with Gasteiger partial charge in [-0.3, -0.25) is 0 Å². The van der Waals surface area contributed by atoms with Crippen molar-refractivity contribution in [1.29, 1.82) is 0 Å². The number of nitrogens with two attached hydrogens (primary N) is 1. The minimum atomic E-state index is 0.501. The molecule has 0 amide bonds. The fraction of sp³-hybridized carbons (Fsp3) is 0.100. The van der Waals surface area contributed by atoms with Crippen molar-refractivity contribution in [3.8, 4) is 21.1 Å². The second kappa shape index (κ2) is 7.38. The third kappa shape index (κ3) is 3.79. The molecule has 3 N–H and O–H groups in total. The van der Waals surface area contributed by atoms with Gasteiger partial charge in [-0.05, 0) is 24.3 Å². The van der Waals surface area contributed by atoms with Crippen LogP contribution in [0.3, 0.4) is 0 Å². The average molecular weight is 394 g/mol. The predicted molar refractivity (Wildman–Crippen MR) is 117 cm³/mol. The molecule has 0 unspecified atom stereocenters. The van der Waals surface area contributed by atoms with E-state index in [0.29, 0.717) is 5.82 Å². The van der Waals surface area contributed by atoms with E-state index in [-0.39, 0.29) is 0 Å². The van der Waals surface area contributed by atoms with Gasteiger partial charge in [-0.25, -0.2) is 9.97 Å². The fourth-order valence-electron chi connectivity index (χ4n) is 2.62. The molecule has 136 valence electrons. The zero-order chi connectivity index (χ0) is 18.8. The topological polar surface area (TPSA) is 67.1 Å². The van der Waals surface area contributed by atoms with Gasteiger partial charge in [0.15, 0.2) is 5.13 Å². The van der Waals surface area contributed by atoms with E-state index < -0.39 is 0 Å². The molecule has 0 aliphatic heterocycles. The molecule has 0 saturated carbocycles. The highest BCUT2D eigenvalue weighted by atomic mass is 32.1. The summed E-state index contributed by atoms with van der Waals surface area (Å²) in [4.78, 5) is 12.2. The summed E-state index contributed by atoms with van der Waals surface area (Å²) in [6.07, 6.45) is 0. The van der Waals surface area contributed by atoms with E-state index in [1.807, 2.05) is 44.4 Å². The van der Waals surface area contributed by atoms with Crippen LogP contribution in [0, 0.1) is 0 Å². The van der Waals surface area contributed by atoms with Crippen LogP contribution in [-0.2, 0) is 0 Å². The van der Waals surface area contributed by atoms with Gasteiger partial charge in [0.25, 0.3) is 0 Å². The number of thiazole rings is 2. The summed E-state index contributed by atoms with van der Waals surface area (Å²) >= 11 is 3.10. The Bertz CT molecular complexity index is 1040. The number of aromatic nitrogens is 2. The predicted octanol–water partition coefficient (Wildman–Crippen LogP) is 5.33. The highest BCUT2D eigenvalue weighted by Crippen LogP contribution is 2.39. The van der Waals surface area contributed by atoms with Gasteiger partial charge in [-0.15, -0.1) is 11.3 Å². The molecule has 7 heteroatoms. The summed E-state index contributed by atoms with van der Waals surface area (Å²) < 4.78 is 0. The molecular weight excluding hydrogens is 374 g/mol. The highest BCUT2D eigenvalue weighted by molar-refractivity contribution is 7.23. The number of benzene rings is 2. The van der Waals surface area contributed by atoms with Gasteiger partial charge < -0.3 is 16.0 Å². The Morgan fingerprint density at radius 1 is 0.963 bits per heavy atom. The number of hydrogen-bond donors (Lipinski definition) is 2. The van der Waals surface area contributed by atoms with E-state index in [1.165, 1.54) is 11.3 Å². The van der Waals surface area contributed by atoms with Gasteiger partial charge in [0.05, 0.1) is 5.69 Å². The van der Waals surface area contributed by atoms with Crippen LogP contribution in [0.25, 0.3) is 21.1 Å². The van der Waals surface area contributed by atoms with Crippen LogP contribution in [-0.4, -0.2) is 24.1 Å². The first-order valence-corrected chi connectivity index (χ1v) is 10.1. The zero-order valence-electron chi connectivity index (χ0n) is 15.0. The molecule has 2 heterocycles. The largest absolute Gasteiger partial charge is 0.382 e. The number of nitrogen functional groups attached to an aromatic ring is 1. The van der Waals surface area contributed by atoms with Crippen molar-refractivity contribution in [2.24, 2.45) is 0 Å². The van der Waals surface area contributed by atoms with Crippen molar-refractivity contribution in [1.82, 2.24) is 9.97 Å². The molecule has 4 rings (SSSR count). The second-order valence-corrected chi connectivity index (χ2v) is 8.06.